The Labute approximate surface area is 124 Å². The number of nitrogens with zero attached hydrogens (tertiary/aromatic N) is 2. The number of carboxylic acid groups (broad SMARTS) is 1. The van der Waals surface area contributed by atoms with Crippen molar-refractivity contribution >= 4 is 38.7 Å². The van der Waals surface area contributed by atoms with Crippen LogP contribution in [-0.2, 0) is 16.6 Å². The fourth-order valence-corrected chi connectivity index (χ4v) is 5.07. The van der Waals surface area contributed by atoms with E-state index in [0.29, 0.717) is 0 Å². The molecule has 2 aromatic rings. The van der Waals surface area contributed by atoms with Gasteiger partial charge in [-0.05, 0) is 23.9 Å². The van der Waals surface area contributed by atoms with Crippen molar-refractivity contribution in [3.63, 3.8) is 0 Å². The highest BCUT2D eigenvalue weighted by atomic mass is 32.2. The van der Waals surface area contributed by atoms with E-state index in [9.17, 15) is 13.2 Å². The number of thiophene rings is 1. The second-order valence-electron chi connectivity index (χ2n) is 4.08. The molecule has 9 heteroatoms. The minimum absolute atomic E-state index is 0.211. The van der Waals surface area contributed by atoms with Gasteiger partial charge in [-0.25, -0.2) is 18.2 Å². The molecule has 6 nitrogen and oxygen atoms in total. The predicted octanol–water partition coefficient (Wildman–Crippen LogP) is 2.03. The number of sulfonamides is 1. The Balaban J connectivity index is 2.32. The molecule has 2 aromatic heterocycles. The number of hydrogen-bond acceptors (Lipinski definition) is 6. The molecular weight excluding hydrogens is 320 g/mol. The number of aromatic nitrogens is 1. The molecule has 108 valence electrons. The highest BCUT2D eigenvalue weighted by Crippen LogP contribution is 2.26. The normalized spacial score (nSPS) is 11.9. The molecule has 2 rings (SSSR count). The fraction of sp³-hybridized carbons (Fsp3) is 0.273. The number of carboxylic acids is 1. The van der Waals surface area contributed by atoms with E-state index in [2.05, 4.69) is 4.98 Å². The maximum Gasteiger partial charge on any atom is 0.356 e. The summed E-state index contributed by atoms with van der Waals surface area (Å²) in [6.07, 6.45) is 0. The third-order valence-corrected chi connectivity index (χ3v) is 6.87. The summed E-state index contributed by atoms with van der Waals surface area (Å²) in [5.74, 6) is -1.34. The molecule has 0 unspecified atom stereocenters. The summed E-state index contributed by atoms with van der Waals surface area (Å²) in [5.41, 5.74) is 1.81. The van der Waals surface area contributed by atoms with Crippen molar-refractivity contribution in [1.82, 2.24) is 9.29 Å². The summed E-state index contributed by atoms with van der Waals surface area (Å²) in [5, 5.41) is 10.9. The molecule has 2 heterocycles. The average Bonchev–Trinajstić information content (AvgIpc) is 2.99. The van der Waals surface area contributed by atoms with Gasteiger partial charge in [-0.2, -0.15) is 4.31 Å². The molecule has 0 bridgehead atoms. The lowest BCUT2D eigenvalue weighted by molar-refractivity contribution is 0.0687. The first-order chi connectivity index (χ1) is 9.34. The molecule has 0 aliphatic carbocycles. The van der Waals surface area contributed by atoms with Crippen LogP contribution in [0, 0.1) is 6.92 Å². The maximum atomic E-state index is 12.4. The van der Waals surface area contributed by atoms with Crippen molar-refractivity contribution in [2.24, 2.45) is 0 Å². The quantitative estimate of drug-likeness (QED) is 0.905. The van der Waals surface area contributed by atoms with Gasteiger partial charge >= 0.3 is 5.97 Å². The van der Waals surface area contributed by atoms with E-state index in [-0.39, 0.29) is 10.8 Å². The monoisotopic (exact) mass is 332 g/mol. The van der Waals surface area contributed by atoms with E-state index in [1.54, 1.807) is 0 Å². The van der Waals surface area contributed by atoms with Gasteiger partial charge in [0.05, 0.1) is 5.51 Å². The van der Waals surface area contributed by atoms with E-state index < -0.39 is 21.7 Å². The zero-order valence-electron chi connectivity index (χ0n) is 10.7. The van der Waals surface area contributed by atoms with Crippen LogP contribution < -0.4 is 0 Å². The Kier molecular flexibility index (Phi) is 4.23. The maximum absolute atomic E-state index is 12.4. The lowest BCUT2D eigenvalue weighted by Gasteiger charge is -2.15. The molecule has 0 saturated carbocycles. The van der Waals surface area contributed by atoms with Crippen molar-refractivity contribution < 1.29 is 18.3 Å². The number of aryl methyl sites for hydroxylation is 1. The highest BCUT2D eigenvalue weighted by molar-refractivity contribution is 7.91. The van der Waals surface area contributed by atoms with Crippen molar-refractivity contribution in [3.8, 4) is 0 Å². The zero-order chi connectivity index (χ0) is 14.9. The smallest absolute Gasteiger partial charge is 0.356 e. The fourth-order valence-electron chi connectivity index (χ4n) is 1.56. The minimum atomic E-state index is -3.85. The van der Waals surface area contributed by atoms with Gasteiger partial charge in [-0.15, -0.1) is 22.7 Å². The second-order valence-corrected chi connectivity index (χ2v) is 8.18. The topological polar surface area (TPSA) is 87.6 Å². The van der Waals surface area contributed by atoms with Crippen LogP contribution in [-0.4, -0.2) is 35.8 Å². The average molecular weight is 332 g/mol. The Morgan fingerprint density at radius 1 is 1.45 bits per heavy atom. The van der Waals surface area contributed by atoms with Crippen LogP contribution in [0.2, 0.25) is 0 Å². The molecule has 0 saturated heterocycles. The minimum Gasteiger partial charge on any atom is -0.476 e. The first-order valence-electron chi connectivity index (χ1n) is 5.50. The molecule has 0 fully saturated rings. The van der Waals surface area contributed by atoms with Crippen LogP contribution in [0.1, 0.15) is 20.9 Å². The Morgan fingerprint density at radius 3 is 2.70 bits per heavy atom. The number of aromatic carboxylic acids is 1. The standard InChI is InChI=1S/C11H12N2O4S3/c1-7-3-4-18-8(7)5-13(2)20(16,17)11-9(10(14)15)12-6-19-11/h3-4,6H,5H2,1-2H3,(H,14,15). The molecule has 0 atom stereocenters. The number of thiazole rings is 1. The van der Waals surface area contributed by atoms with Gasteiger partial charge in [0.2, 0.25) is 0 Å². The molecule has 20 heavy (non-hydrogen) atoms. The second kappa shape index (κ2) is 5.60. The van der Waals surface area contributed by atoms with E-state index in [0.717, 1.165) is 26.1 Å². The van der Waals surface area contributed by atoms with Crippen LogP contribution in [0.15, 0.2) is 21.2 Å². The zero-order valence-corrected chi connectivity index (χ0v) is 13.2. The van der Waals surface area contributed by atoms with Crippen molar-refractivity contribution in [2.75, 3.05) is 7.05 Å². The summed E-state index contributed by atoms with van der Waals surface area (Å²) in [7, 11) is -2.42. The number of hydrogen-bond donors (Lipinski definition) is 1. The lowest BCUT2D eigenvalue weighted by atomic mass is 10.3. The van der Waals surface area contributed by atoms with Crippen LogP contribution >= 0.6 is 22.7 Å². The third-order valence-electron chi connectivity index (χ3n) is 2.72. The van der Waals surface area contributed by atoms with Crippen LogP contribution in [0.5, 0.6) is 0 Å². The van der Waals surface area contributed by atoms with E-state index in [1.165, 1.54) is 23.9 Å². The Bertz CT molecular complexity index is 732. The van der Waals surface area contributed by atoms with Crippen LogP contribution in [0.25, 0.3) is 0 Å². The van der Waals surface area contributed by atoms with Crippen LogP contribution in [0.3, 0.4) is 0 Å². The Hall–Kier alpha value is -1.29. The van der Waals surface area contributed by atoms with Gasteiger partial charge in [0.1, 0.15) is 0 Å². The van der Waals surface area contributed by atoms with Crippen molar-refractivity contribution in [2.45, 2.75) is 17.7 Å². The van der Waals surface area contributed by atoms with Gasteiger partial charge in [-0.3, -0.25) is 0 Å². The molecule has 0 radical (unpaired) electrons. The number of rotatable bonds is 5. The summed E-state index contributed by atoms with van der Waals surface area (Å²) < 4.78 is 25.7. The predicted molar refractivity (Wildman–Crippen MR) is 76.8 cm³/mol. The first kappa shape index (κ1) is 15.1. The summed E-state index contributed by atoms with van der Waals surface area (Å²) >= 11 is 2.28. The number of carbonyl (C=O) groups is 1. The Morgan fingerprint density at radius 2 is 2.15 bits per heavy atom. The van der Waals surface area contributed by atoms with Crippen LogP contribution in [0.4, 0.5) is 0 Å². The summed E-state index contributed by atoms with van der Waals surface area (Å²) in [4.78, 5) is 15.5. The molecule has 0 aliphatic heterocycles. The lowest BCUT2D eigenvalue weighted by Crippen LogP contribution is -2.27. The molecule has 1 N–H and O–H groups in total. The SMILES string of the molecule is Cc1ccsc1CN(C)S(=O)(=O)c1scnc1C(=O)O. The first-order valence-corrected chi connectivity index (χ1v) is 8.70. The molecule has 0 aliphatic rings. The molecule has 0 spiro atoms. The van der Waals surface area contributed by atoms with Gasteiger partial charge in [0.25, 0.3) is 10.0 Å². The van der Waals surface area contributed by atoms with E-state index in [1.807, 2.05) is 18.4 Å². The van der Waals surface area contributed by atoms with E-state index in [4.69, 9.17) is 5.11 Å². The largest absolute Gasteiger partial charge is 0.476 e. The molecular formula is C11H12N2O4S3. The highest BCUT2D eigenvalue weighted by Gasteiger charge is 2.29. The van der Waals surface area contributed by atoms with Gasteiger partial charge in [0, 0.05) is 18.5 Å². The van der Waals surface area contributed by atoms with Crippen molar-refractivity contribution in [3.05, 3.63) is 33.1 Å². The van der Waals surface area contributed by atoms with Crippen molar-refractivity contribution in [1.29, 1.82) is 0 Å². The van der Waals surface area contributed by atoms with E-state index >= 15 is 0 Å². The third kappa shape index (κ3) is 2.75. The molecule has 0 aromatic carbocycles. The van der Waals surface area contributed by atoms with Gasteiger partial charge in [0.15, 0.2) is 9.90 Å². The molecule has 0 amide bonds. The summed E-state index contributed by atoms with van der Waals surface area (Å²) in [6, 6.07) is 1.91. The summed E-state index contributed by atoms with van der Waals surface area (Å²) in [6.45, 7) is 2.12. The van der Waals surface area contributed by atoms with Gasteiger partial charge in [-0.1, -0.05) is 0 Å². The van der Waals surface area contributed by atoms with Gasteiger partial charge < -0.3 is 5.11 Å².